The van der Waals surface area contributed by atoms with Gasteiger partial charge in [-0.2, -0.15) is 0 Å². The molecule has 11 heteroatoms. The number of carbonyl (C=O) groups is 3. The number of hydrogen-bond acceptors (Lipinski definition) is 8. The monoisotopic (exact) mass is 596 g/mol. The third-order valence-corrected chi connectivity index (χ3v) is 8.50. The molecule has 3 N–H and O–H groups in total. The number of carboxylic acid groups (broad SMARTS) is 1. The predicted octanol–water partition coefficient (Wildman–Crippen LogP) is 3.44. The first kappa shape index (κ1) is 32.1. The number of nitrogens with zero attached hydrogens (tertiary/aromatic N) is 3. The Morgan fingerprint density at radius 3 is 2.58 bits per heavy atom. The normalized spacial score (nSPS) is 19.3. The van der Waals surface area contributed by atoms with Gasteiger partial charge in [0.2, 0.25) is 24.4 Å². The summed E-state index contributed by atoms with van der Waals surface area (Å²) in [5, 5.41) is 10.6. The zero-order valence-electron chi connectivity index (χ0n) is 25.6. The van der Waals surface area contributed by atoms with Gasteiger partial charge in [0.05, 0.1) is 19.6 Å². The second kappa shape index (κ2) is 14.6. The smallest absolute Gasteiger partial charge is 0.308 e. The fourth-order valence-electron chi connectivity index (χ4n) is 6.21. The first-order chi connectivity index (χ1) is 20.7. The summed E-state index contributed by atoms with van der Waals surface area (Å²) in [6, 6.07) is 10.8. The summed E-state index contributed by atoms with van der Waals surface area (Å²) in [5.74, 6) is -0.943. The lowest BCUT2D eigenvalue weighted by molar-refractivity contribution is -0.143. The molecule has 0 aromatic heterocycles. The van der Waals surface area contributed by atoms with Gasteiger partial charge >= 0.3 is 5.97 Å². The van der Waals surface area contributed by atoms with Gasteiger partial charge in [0.25, 0.3) is 0 Å². The molecule has 2 amide bonds. The minimum atomic E-state index is -0.953. The van der Waals surface area contributed by atoms with Crippen molar-refractivity contribution in [2.24, 2.45) is 11.7 Å². The Bertz CT molecular complexity index is 1300. The molecule has 2 heterocycles. The number of amides is 2. The molecule has 234 valence electrons. The molecule has 4 rings (SSSR count). The Morgan fingerprint density at radius 1 is 1.14 bits per heavy atom. The quantitative estimate of drug-likeness (QED) is 0.336. The Morgan fingerprint density at radius 2 is 1.93 bits per heavy atom. The van der Waals surface area contributed by atoms with Crippen molar-refractivity contribution >= 4 is 23.5 Å². The SMILES string of the molecule is CCCCN(C(=O)CN1C[C@H](c2cc(OC)c3c(c2)OCO3)[C@@H](C(=O)O)C1CCN(CC)C(C)=O)c1cccc(CN)c1. The summed E-state index contributed by atoms with van der Waals surface area (Å²) in [4.78, 5) is 44.6. The van der Waals surface area contributed by atoms with Crippen molar-refractivity contribution < 1.29 is 33.7 Å². The number of unbranched alkanes of at least 4 members (excludes halogenated alkanes) is 1. The van der Waals surface area contributed by atoms with E-state index in [4.69, 9.17) is 19.9 Å². The van der Waals surface area contributed by atoms with Crippen molar-refractivity contribution in [2.75, 3.05) is 51.5 Å². The lowest BCUT2D eigenvalue weighted by Crippen LogP contribution is -2.46. The number of aliphatic carboxylic acids is 1. The van der Waals surface area contributed by atoms with E-state index in [2.05, 4.69) is 6.92 Å². The molecule has 1 fully saturated rings. The van der Waals surface area contributed by atoms with Crippen LogP contribution in [0.5, 0.6) is 17.2 Å². The standard InChI is InChI=1S/C32H44N4O7/c1-5-7-12-36(24-10-8-9-22(14-24)17-33)29(38)19-35-18-25(23-15-27(41-4)31-28(16-23)42-20-43-31)30(32(39)40)26(35)11-13-34(6-2)21(3)37/h8-10,14-16,25-26,30H,5-7,11-13,17-20,33H2,1-4H3,(H,39,40)/t25-,26?,30-/m1/s1. The molecule has 1 saturated heterocycles. The van der Waals surface area contributed by atoms with Crippen LogP contribution in [-0.2, 0) is 20.9 Å². The average Bonchev–Trinajstić information content (AvgIpc) is 3.62. The highest BCUT2D eigenvalue weighted by molar-refractivity contribution is 5.95. The average molecular weight is 597 g/mol. The first-order valence-corrected chi connectivity index (χ1v) is 15.0. The van der Waals surface area contributed by atoms with Crippen LogP contribution in [0.25, 0.3) is 0 Å². The molecule has 0 saturated carbocycles. The highest BCUT2D eigenvalue weighted by Crippen LogP contribution is 2.47. The topological polar surface area (TPSA) is 135 Å². The van der Waals surface area contributed by atoms with Gasteiger partial charge in [-0.15, -0.1) is 0 Å². The van der Waals surface area contributed by atoms with E-state index in [-0.39, 0.29) is 25.2 Å². The zero-order valence-corrected chi connectivity index (χ0v) is 25.6. The van der Waals surface area contributed by atoms with Gasteiger partial charge in [-0.05, 0) is 55.2 Å². The fourth-order valence-corrected chi connectivity index (χ4v) is 6.21. The molecule has 0 aliphatic carbocycles. The molecule has 3 atom stereocenters. The van der Waals surface area contributed by atoms with Crippen molar-refractivity contribution in [2.45, 2.75) is 58.5 Å². The van der Waals surface area contributed by atoms with Crippen molar-refractivity contribution in [3.63, 3.8) is 0 Å². The van der Waals surface area contributed by atoms with Crippen LogP contribution >= 0.6 is 0 Å². The summed E-state index contributed by atoms with van der Waals surface area (Å²) in [6.07, 6.45) is 2.15. The van der Waals surface area contributed by atoms with E-state index >= 15 is 0 Å². The maximum absolute atomic E-state index is 14.0. The van der Waals surface area contributed by atoms with Crippen molar-refractivity contribution in [3.05, 3.63) is 47.5 Å². The number of anilines is 1. The molecule has 2 aromatic carbocycles. The lowest BCUT2D eigenvalue weighted by Gasteiger charge is -2.31. The maximum Gasteiger partial charge on any atom is 0.308 e. The number of methoxy groups -OCH3 is 1. The number of carboxylic acids is 1. The molecule has 0 radical (unpaired) electrons. The lowest BCUT2D eigenvalue weighted by atomic mass is 9.84. The molecule has 1 unspecified atom stereocenters. The van der Waals surface area contributed by atoms with Crippen molar-refractivity contribution in [1.82, 2.24) is 9.80 Å². The highest BCUT2D eigenvalue weighted by atomic mass is 16.7. The number of ether oxygens (including phenoxy) is 3. The summed E-state index contributed by atoms with van der Waals surface area (Å²) >= 11 is 0. The Balaban J connectivity index is 1.69. The van der Waals surface area contributed by atoms with Crippen LogP contribution in [0.3, 0.4) is 0 Å². The second-order valence-corrected chi connectivity index (χ2v) is 11.1. The van der Waals surface area contributed by atoms with Crippen LogP contribution in [0.2, 0.25) is 0 Å². The number of rotatable bonds is 14. The number of carbonyl (C=O) groups excluding carboxylic acids is 2. The van der Waals surface area contributed by atoms with Crippen molar-refractivity contribution in [3.8, 4) is 17.2 Å². The fraction of sp³-hybridized carbons (Fsp3) is 0.531. The summed E-state index contributed by atoms with van der Waals surface area (Å²) in [6.45, 7) is 7.73. The van der Waals surface area contributed by atoms with Crippen LogP contribution in [0.1, 0.15) is 57.1 Å². The predicted molar refractivity (Wildman–Crippen MR) is 162 cm³/mol. The summed E-state index contributed by atoms with van der Waals surface area (Å²) in [7, 11) is 1.53. The van der Waals surface area contributed by atoms with Crippen molar-refractivity contribution in [1.29, 1.82) is 0 Å². The minimum Gasteiger partial charge on any atom is -0.493 e. The van der Waals surface area contributed by atoms with E-state index in [0.717, 1.165) is 29.7 Å². The molecular formula is C32H44N4O7. The Labute approximate surface area is 253 Å². The van der Waals surface area contributed by atoms with Gasteiger partial charge in [-0.1, -0.05) is 25.5 Å². The largest absolute Gasteiger partial charge is 0.493 e. The first-order valence-electron chi connectivity index (χ1n) is 15.0. The van der Waals surface area contributed by atoms with Crippen LogP contribution in [0.15, 0.2) is 36.4 Å². The van der Waals surface area contributed by atoms with Gasteiger partial charge < -0.3 is 34.9 Å². The summed E-state index contributed by atoms with van der Waals surface area (Å²) < 4.78 is 16.7. The molecule has 0 spiro atoms. The Kier molecular flexibility index (Phi) is 10.9. The maximum atomic E-state index is 14.0. The third-order valence-electron chi connectivity index (χ3n) is 8.50. The van der Waals surface area contributed by atoms with E-state index in [1.54, 1.807) is 15.9 Å². The number of fused-ring (bicyclic) bond motifs is 1. The Hall–Kier alpha value is -3.83. The van der Waals surface area contributed by atoms with E-state index < -0.39 is 23.8 Å². The number of likely N-dealkylation sites (tertiary alicyclic amines) is 1. The minimum absolute atomic E-state index is 0.0371. The van der Waals surface area contributed by atoms with Gasteiger partial charge in [0.1, 0.15) is 0 Å². The van der Waals surface area contributed by atoms with Gasteiger partial charge in [0.15, 0.2) is 11.5 Å². The molecule has 0 bridgehead atoms. The van der Waals surface area contributed by atoms with E-state index in [1.165, 1.54) is 14.0 Å². The zero-order chi connectivity index (χ0) is 31.1. The molecular weight excluding hydrogens is 552 g/mol. The molecule has 11 nitrogen and oxygen atoms in total. The number of nitrogens with two attached hydrogens (primary N) is 1. The molecule has 2 aliphatic rings. The molecule has 2 aliphatic heterocycles. The highest BCUT2D eigenvalue weighted by Gasteiger charge is 2.47. The molecule has 2 aromatic rings. The van der Waals surface area contributed by atoms with Gasteiger partial charge in [0, 0.05) is 57.3 Å². The molecule has 43 heavy (non-hydrogen) atoms. The van der Waals surface area contributed by atoms with E-state index in [9.17, 15) is 19.5 Å². The summed E-state index contributed by atoms with van der Waals surface area (Å²) in [5.41, 5.74) is 8.33. The van der Waals surface area contributed by atoms with Gasteiger partial charge in [-0.3, -0.25) is 19.3 Å². The second-order valence-electron chi connectivity index (χ2n) is 11.1. The third kappa shape index (κ3) is 7.22. The van der Waals surface area contributed by atoms with Gasteiger partial charge in [-0.25, -0.2) is 0 Å². The van der Waals surface area contributed by atoms with E-state index in [1.807, 2.05) is 42.2 Å². The van der Waals surface area contributed by atoms with E-state index in [0.29, 0.717) is 56.4 Å². The van der Waals surface area contributed by atoms with Crippen LogP contribution < -0.4 is 24.8 Å². The van der Waals surface area contributed by atoms with Crippen LogP contribution in [0, 0.1) is 5.92 Å². The number of benzene rings is 2. The number of hydrogen-bond donors (Lipinski definition) is 2. The van der Waals surface area contributed by atoms with Crippen LogP contribution in [-0.4, -0.2) is 85.4 Å². The van der Waals surface area contributed by atoms with Crippen LogP contribution in [0.4, 0.5) is 5.69 Å².